The fourth-order valence-corrected chi connectivity index (χ4v) is 15.8. The van der Waals surface area contributed by atoms with E-state index >= 15 is 0 Å². The number of fused-ring (bicyclic) bond motifs is 12. The second-order valence-electron chi connectivity index (χ2n) is 28.7. The Labute approximate surface area is 793 Å². The molecule has 12 aromatic rings. The molecule has 656 valence electrons. The molecule has 34 heteroatoms. The van der Waals surface area contributed by atoms with Gasteiger partial charge in [0.2, 0.25) is 27.2 Å². The van der Waals surface area contributed by atoms with E-state index in [1.807, 2.05) is 100 Å². The van der Waals surface area contributed by atoms with Crippen molar-refractivity contribution in [3.63, 3.8) is 0 Å². The van der Waals surface area contributed by atoms with Gasteiger partial charge in [-0.15, -0.1) is 0 Å². The number of amides is 1. The van der Waals surface area contributed by atoms with Gasteiger partial charge in [0.15, 0.2) is 80.5 Å². The molecule has 4 aliphatic rings. The average molecular weight is 2360 g/mol. The number of unbranched alkanes of at least 4 members (excludes halogenated alkanes) is 4. The van der Waals surface area contributed by atoms with Gasteiger partial charge in [0.25, 0.3) is 16.7 Å². The molecule has 5 aromatic heterocycles. The van der Waals surface area contributed by atoms with Crippen LogP contribution in [0.5, 0.6) is 80.5 Å². The van der Waals surface area contributed by atoms with Crippen molar-refractivity contribution in [2.75, 3.05) is 99.7 Å². The first-order valence-electron chi connectivity index (χ1n) is 39.6. The number of hydrogen-bond acceptors (Lipinski definition) is 23. The van der Waals surface area contributed by atoms with Crippen LogP contribution in [-0.4, -0.2) is 165 Å². The summed E-state index contributed by atoms with van der Waals surface area (Å²) >= 11 is 25.1. The Bertz CT molecular complexity index is 5780. The number of aromatic nitrogens is 5. The van der Waals surface area contributed by atoms with Crippen molar-refractivity contribution in [3.05, 3.63) is 157 Å². The molecular formula is C89H101Br3Cl2I2N8O17Sn2. The summed E-state index contributed by atoms with van der Waals surface area (Å²) in [7, 11) is 9.33. The Balaban J connectivity index is 0.000000173. The van der Waals surface area contributed by atoms with Gasteiger partial charge in [0.1, 0.15) is 0 Å². The molecule has 16 rings (SSSR count). The molecule has 0 aliphatic carbocycles. The monoisotopic (exact) mass is 2350 g/mol. The molecule has 7 aromatic carbocycles. The first-order valence-corrected chi connectivity index (χ1v) is 62.0. The van der Waals surface area contributed by atoms with Crippen LogP contribution in [-0.2, 0) is 6.54 Å². The minimum atomic E-state index is -0.543. The van der Waals surface area contributed by atoms with E-state index in [9.17, 15) is 14.4 Å². The molecule has 0 saturated heterocycles. The van der Waals surface area contributed by atoms with Crippen molar-refractivity contribution < 1.29 is 75.9 Å². The van der Waals surface area contributed by atoms with Crippen LogP contribution in [0.3, 0.4) is 0 Å². The zero-order chi connectivity index (χ0) is 89.3. The van der Waals surface area contributed by atoms with Gasteiger partial charge in [0.05, 0.1) is 117 Å². The summed E-state index contributed by atoms with van der Waals surface area (Å²) in [4.78, 5) is 72.3. The van der Waals surface area contributed by atoms with E-state index in [4.69, 9.17) is 95.3 Å². The number of halogens is 7. The summed E-state index contributed by atoms with van der Waals surface area (Å²) in [6.07, 6.45) is 15.4. The van der Waals surface area contributed by atoms with E-state index in [2.05, 4.69) is 153 Å². The Morgan fingerprint density at radius 3 is 1.30 bits per heavy atom. The fourth-order valence-electron chi connectivity index (χ4n) is 12.6. The van der Waals surface area contributed by atoms with E-state index in [1.165, 1.54) is 33.5 Å². The number of carbonyl (C=O) groups excluding carboxylic acids is 2. The molecule has 1 amide bonds. The molecule has 0 unspecified atom stereocenters. The topological polar surface area (TPSA) is 278 Å². The first-order chi connectivity index (χ1) is 59.2. The maximum atomic E-state index is 13.9. The van der Waals surface area contributed by atoms with Crippen LogP contribution >= 0.6 is 116 Å². The van der Waals surface area contributed by atoms with Gasteiger partial charge in [-0.25, -0.2) is 0 Å². The third-order valence-corrected chi connectivity index (χ3v) is 22.9. The van der Waals surface area contributed by atoms with E-state index in [0.717, 1.165) is 149 Å². The van der Waals surface area contributed by atoms with E-state index in [1.54, 1.807) is 70.0 Å². The first kappa shape index (κ1) is 99.6. The predicted molar refractivity (Wildman–Crippen MR) is 522 cm³/mol. The summed E-state index contributed by atoms with van der Waals surface area (Å²) in [6.45, 7) is 12.4. The molecule has 9 heterocycles. The molecule has 4 aliphatic heterocycles. The van der Waals surface area contributed by atoms with Crippen LogP contribution in [0.2, 0.25) is 34.7 Å². The van der Waals surface area contributed by atoms with Gasteiger partial charge in [-0.3, -0.25) is 34.3 Å². The van der Waals surface area contributed by atoms with Crippen LogP contribution in [0.4, 0.5) is 11.4 Å². The summed E-state index contributed by atoms with van der Waals surface area (Å²) in [5.74, 6) is 8.74. The zero-order valence-electron chi connectivity index (χ0n) is 71.6. The third kappa shape index (κ3) is 25.4. The van der Waals surface area contributed by atoms with Crippen molar-refractivity contribution in [1.82, 2.24) is 24.5 Å². The molecule has 2 radical (unpaired) electrons. The number of ether oxygens (including phenoxy) is 14. The number of nitrogens with zero attached hydrogens (tertiary/aromatic N) is 6. The SMILES string of the molecule is CCCCN.CCCCN(C(=O)c1cc(OC)c(OC)cc1I)c1c(Br)cnc2cc3c(cc12)OCO3.CCCCNc1c(Br)cnc2cc3c(cc12)OCO3.CCCCn1c(=O)c2cc(OC)c(OC)cc2c2cnc3cc4c(cc3c21)OCO4.COc1cc(I)c(C(=O)Cl)cc1OC.Clc1c(Br)cnc2cc3c(cc12)OCO3.[CH3][Sn]([CH3])[CH3].[CH3][Sn]([CH3])[CH3]. The maximum absolute atomic E-state index is 13.9. The molecule has 3 N–H and O–H groups in total. The van der Waals surface area contributed by atoms with Crippen molar-refractivity contribution in [3.8, 4) is 80.5 Å². The number of hydrogen-bond donors (Lipinski definition) is 2. The van der Waals surface area contributed by atoms with Gasteiger partial charge in [-0.2, -0.15) is 0 Å². The van der Waals surface area contributed by atoms with Crippen LogP contribution in [0.25, 0.3) is 65.3 Å². The molecule has 0 bridgehead atoms. The zero-order valence-corrected chi connectivity index (χ0v) is 87.8. The van der Waals surface area contributed by atoms with Crippen molar-refractivity contribution in [1.29, 1.82) is 0 Å². The standard InChI is InChI=1S/C23H22BrIN2O5.C23H22N2O5.C14H15BrN2O2.C10H5BrClNO2.C9H8ClIO3.C4H11N.6CH3.2Sn/c1-4-5-6-27(23(28)13-7-18(29-2)19(30-3)9-16(13)25)22-14-8-20-21(32-12-31-20)10-17(14)26-11-15(22)24;1-4-5-6-25-22-15-9-20-21(30-12-29-20)10-17(15)24-11-16(22)13-7-18(27-2)19(28-3)8-14(13)23(25)26;1-2-3-4-16-14-9-5-12-13(19-8-18-12)6-11(9)17-7-10(14)15;11-6-3-13-7-2-9-8(14-4-15-9)1-5(7)10(6)12;1-13-7-3-5(9(10)12)6(11)4-8(7)14-2;1-2-3-4-5;;;;;;;;/h7-11H,4-6,12H2,1-3H3;7-11H,4-6,12H2,1-3H3;5-7H,2-4,8H2,1H3,(H,16,17);1-3H,4H2;3-4H,1-2H3;2-5H2,1H3;6*1H3;;. The molecule has 0 saturated carbocycles. The van der Waals surface area contributed by atoms with Crippen LogP contribution < -0.4 is 87.8 Å². The van der Waals surface area contributed by atoms with Gasteiger partial charge in [0, 0.05) is 108 Å². The summed E-state index contributed by atoms with van der Waals surface area (Å²) in [5, 5.41) is 9.43. The van der Waals surface area contributed by atoms with Crippen molar-refractivity contribution >= 4 is 244 Å². The van der Waals surface area contributed by atoms with E-state index < -0.39 is 44.8 Å². The quantitative estimate of drug-likeness (QED) is 0.0222. The average Bonchev–Trinajstić information content (AvgIpc) is 1.10. The Kier molecular flexibility index (Phi) is 39.4. The van der Waals surface area contributed by atoms with Gasteiger partial charge in [-0.1, -0.05) is 65.0 Å². The molecule has 0 atom stereocenters. The number of aryl methyl sites for hydroxylation is 1. The van der Waals surface area contributed by atoms with Gasteiger partial charge >= 0.3 is 69.2 Å². The second kappa shape index (κ2) is 48.7. The number of methoxy groups -OCH3 is 6. The number of rotatable bonds is 21. The minimum absolute atomic E-state index is 0.0583. The van der Waals surface area contributed by atoms with Crippen molar-refractivity contribution in [2.24, 2.45) is 5.73 Å². The van der Waals surface area contributed by atoms with Crippen LogP contribution in [0.15, 0.2) is 128 Å². The number of nitrogens with two attached hydrogens (primary N) is 1. The van der Waals surface area contributed by atoms with Gasteiger partial charge < -0.3 is 86.8 Å². The summed E-state index contributed by atoms with van der Waals surface area (Å²) < 4.78 is 81.2. The fraction of sp³-hybridized carbons (Fsp3) is 0.360. The van der Waals surface area contributed by atoms with E-state index in [-0.39, 0.29) is 38.6 Å². The van der Waals surface area contributed by atoms with Crippen LogP contribution in [0.1, 0.15) is 99.8 Å². The molecule has 0 spiro atoms. The van der Waals surface area contributed by atoms with Crippen LogP contribution in [0, 0.1) is 7.14 Å². The number of nitrogens with one attached hydrogen (secondary N) is 1. The number of carbonyl (C=O) groups is 2. The Morgan fingerprint density at radius 2 is 0.846 bits per heavy atom. The third-order valence-electron chi connectivity index (χ3n) is 18.5. The van der Waals surface area contributed by atoms with E-state index in [0.29, 0.717) is 104 Å². The molecule has 123 heavy (non-hydrogen) atoms. The van der Waals surface area contributed by atoms with Crippen molar-refractivity contribution in [2.45, 2.75) is 115 Å². The number of pyridine rings is 5. The number of anilines is 2. The number of benzene rings is 7. The Morgan fingerprint density at radius 1 is 0.472 bits per heavy atom. The normalized spacial score (nSPS) is 12.0. The summed E-state index contributed by atoms with van der Waals surface area (Å²) in [5.41, 5.74) is 11.9. The predicted octanol–water partition coefficient (Wildman–Crippen LogP) is 23.5. The Hall–Kier alpha value is -7.17. The molecule has 25 nitrogen and oxygen atoms in total. The molecular weight excluding hydrogens is 2250 g/mol. The molecule has 0 fully saturated rings. The summed E-state index contributed by atoms with van der Waals surface area (Å²) in [6, 6.07) is 25.5. The second-order valence-corrected chi connectivity index (χ2v) is 51.4. The van der Waals surface area contributed by atoms with Gasteiger partial charge in [-0.05, 0) is 197 Å².